The number of hydrogen-bond acceptors (Lipinski definition) is 5. The first-order chi connectivity index (χ1) is 8.66. The summed E-state index contributed by atoms with van der Waals surface area (Å²) >= 11 is 0. The number of rotatable bonds is 3. The van der Waals surface area contributed by atoms with E-state index < -0.39 is 0 Å². The molecule has 1 aromatic rings. The Kier molecular flexibility index (Phi) is 4.09. The molecular formula is C12H18N4O2. The Labute approximate surface area is 106 Å². The van der Waals surface area contributed by atoms with Gasteiger partial charge in [-0.05, 0) is 18.8 Å². The molecule has 6 heteroatoms. The maximum atomic E-state index is 12.1. The fourth-order valence-corrected chi connectivity index (χ4v) is 2.08. The first kappa shape index (κ1) is 12.8. The summed E-state index contributed by atoms with van der Waals surface area (Å²) in [5.74, 6) is 0.628. The molecule has 0 unspecified atom stereocenters. The summed E-state index contributed by atoms with van der Waals surface area (Å²) in [5.41, 5.74) is 5.82. The summed E-state index contributed by atoms with van der Waals surface area (Å²) in [6, 6.07) is 0. The Hall–Kier alpha value is -1.69. The molecule has 1 aliphatic rings. The maximum absolute atomic E-state index is 12.1. The summed E-state index contributed by atoms with van der Waals surface area (Å²) in [5, 5.41) is 0. The third kappa shape index (κ3) is 3.16. The molecule has 1 aromatic heterocycles. The van der Waals surface area contributed by atoms with Gasteiger partial charge in [-0.3, -0.25) is 9.78 Å². The van der Waals surface area contributed by atoms with Crippen molar-refractivity contribution < 1.29 is 9.53 Å². The Balaban J connectivity index is 1.95. The largest absolute Gasteiger partial charge is 0.382 e. The zero-order valence-corrected chi connectivity index (χ0v) is 10.5. The lowest BCUT2D eigenvalue weighted by Crippen LogP contribution is -2.34. The third-order valence-corrected chi connectivity index (χ3v) is 3.09. The predicted octanol–water partition coefficient (Wildman–Crippen LogP) is 0.557. The van der Waals surface area contributed by atoms with Crippen molar-refractivity contribution in [3.63, 3.8) is 0 Å². The molecular weight excluding hydrogens is 232 g/mol. The second-order valence-electron chi connectivity index (χ2n) is 4.57. The van der Waals surface area contributed by atoms with Crippen molar-refractivity contribution in [3.05, 3.63) is 18.1 Å². The van der Waals surface area contributed by atoms with Crippen molar-refractivity contribution in [2.75, 3.05) is 32.5 Å². The molecule has 2 rings (SSSR count). The van der Waals surface area contributed by atoms with Crippen LogP contribution in [0.4, 0.5) is 5.82 Å². The number of nitrogen functional groups attached to an aromatic ring is 1. The van der Waals surface area contributed by atoms with E-state index in [0.717, 1.165) is 32.6 Å². The number of ether oxygens (including phenoxy) is 1. The van der Waals surface area contributed by atoms with E-state index in [0.29, 0.717) is 11.6 Å². The van der Waals surface area contributed by atoms with Gasteiger partial charge in [0.1, 0.15) is 11.5 Å². The van der Waals surface area contributed by atoms with Gasteiger partial charge >= 0.3 is 0 Å². The molecule has 0 atom stereocenters. The van der Waals surface area contributed by atoms with Crippen LogP contribution in [0.25, 0.3) is 0 Å². The number of hydrogen-bond donors (Lipinski definition) is 1. The van der Waals surface area contributed by atoms with Crippen molar-refractivity contribution in [1.29, 1.82) is 0 Å². The van der Waals surface area contributed by atoms with Gasteiger partial charge in [0.25, 0.3) is 5.91 Å². The number of amides is 1. The molecule has 1 aliphatic heterocycles. The molecule has 0 radical (unpaired) electrons. The highest BCUT2D eigenvalue weighted by atomic mass is 16.5. The van der Waals surface area contributed by atoms with Crippen molar-refractivity contribution in [1.82, 2.24) is 14.9 Å². The lowest BCUT2D eigenvalue weighted by atomic mass is 10.00. The predicted molar refractivity (Wildman–Crippen MR) is 66.9 cm³/mol. The minimum Gasteiger partial charge on any atom is -0.382 e. The van der Waals surface area contributed by atoms with E-state index in [2.05, 4.69) is 9.97 Å². The van der Waals surface area contributed by atoms with E-state index >= 15 is 0 Å². The highest BCUT2D eigenvalue weighted by Crippen LogP contribution is 2.16. The Morgan fingerprint density at radius 2 is 2.22 bits per heavy atom. The van der Waals surface area contributed by atoms with Crippen LogP contribution < -0.4 is 5.73 Å². The molecule has 0 bridgehead atoms. The average Bonchev–Trinajstić information content (AvgIpc) is 2.39. The SMILES string of the molecule is CN(CC1CCOCC1)C(=O)c1cncc(N)n1. The fourth-order valence-electron chi connectivity index (χ4n) is 2.08. The number of carbonyl (C=O) groups is 1. The van der Waals surface area contributed by atoms with Crippen LogP contribution in [0, 0.1) is 5.92 Å². The summed E-state index contributed by atoms with van der Waals surface area (Å²) in [6.45, 7) is 2.29. The molecule has 1 saturated heterocycles. The van der Waals surface area contributed by atoms with E-state index in [-0.39, 0.29) is 11.7 Å². The molecule has 2 N–H and O–H groups in total. The molecule has 0 saturated carbocycles. The Morgan fingerprint density at radius 3 is 2.89 bits per heavy atom. The van der Waals surface area contributed by atoms with Gasteiger partial charge in [-0.25, -0.2) is 4.98 Å². The summed E-state index contributed by atoms with van der Waals surface area (Å²) in [6.07, 6.45) is 4.87. The van der Waals surface area contributed by atoms with E-state index in [9.17, 15) is 4.79 Å². The van der Waals surface area contributed by atoms with Crippen LogP contribution in [0.15, 0.2) is 12.4 Å². The lowest BCUT2D eigenvalue weighted by molar-refractivity contribution is 0.0495. The van der Waals surface area contributed by atoms with Gasteiger partial charge in [0, 0.05) is 26.8 Å². The second kappa shape index (κ2) is 5.77. The van der Waals surface area contributed by atoms with Gasteiger partial charge in [-0.1, -0.05) is 0 Å². The van der Waals surface area contributed by atoms with Crippen molar-refractivity contribution in [2.45, 2.75) is 12.8 Å². The first-order valence-electron chi connectivity index (χ1n) is 6.07. The summed E-state index contributed by atoms with van der Waals surface area (Å²) in [7, 11) is 1.78. The Bertz CT molecular complexity index is 418. The van der Waals surface area contributed by atoms with Crippen LogP contribution in [0.5, 0.6) is 0 Å². The monoisotopic (exact) mass is 250 g/mol. The number of nitrogens with zero attached hydrogens (tertiary/aromatic N) is 3. The van der Waals surface area contributed by atoms with E-state index in [1.165, 1.54) is 12.4 Å². The Morgan fingerprint density at radius 1 is 1.50 bits per heavy atom. The molecule has 2 heterocycles. The average molecular weight is 250 g/mol. The van der Waals surface area contributed by atoms with Crippen LogP contribution in [0.3, 0.4) is 0 Å². The quantitative estimate of drug-likeness (QED) is 0.847. The maximum Gasteiger partial charge on any atom is 0.273 e. The minimum absolute atomic E-state index is 0.138. The summed E-state index contributed by atoms with van der Waals surface area (Å²) < 4.78 is 5.30. The van der Waals surface area contributed by atoms with Crippen molar-refractivity contribution >= 4 is 11.7 Å². The highest BCUT2D eigenvalue weighted by molar-refractivity contribution is 5.92. The smallest absolute Gasteiger partial charge is 0.273 e. The van der Waals surface area contributed by atoms with Crippen LogP contribution >= 0.6 is 0 Å². The molecule has 1 amide bonds. The van der Waals surface area contributed by atoms with Gasteiger partial charge in [-0.2, -0.15) is 0 Å². The topological polar surface area (TPSA) is 81.3 Å². The van der Waals surface area contributed by atoms with Crippen LogP contribution in [0.2, 0.25) is 0 Å². The number of anilines is 1. The normalized spacial score (nSPS) is 16.5. The molecule has 0 spiro atoms. The lowest BCUT2D eigenvalue weighted by Gasteiger charge is -2.26. The number of nitrogens with two attached hydrogens (primary N) is 1. The second-order valence-corrected chi connectivity index (χ2v) is 4.57. The van der Waals surface area contributed by atoms with Crippen molar-refractivity contribution in [2.24, 2.45) is 5.92 Å². The minimum atomic E-state index is -0.138. The molecule has 98 valence electrons. The van der Waals surface area contributed by atoms with Gasteiger partial charge < -0.3 is 15.4 Å². The number of aromatic nitrogens is 2. The molecule has 0 aromatic carbocycles. The standard InChI is InChI=1S/C12H18N4O2/c1-16(8-9-2-4-18-5-3-9)12(17)10-6-14-7-11(13)15-10/h6-7,9H,2-5,8H2,1H3,(H2,13,15). The van der Waals surface area contributed by atoms with Crippen LogP contribution in [-0.2, 0) is 4.74 Å². The van der Waals surface area contributed by atoms with E-state index in [4.69, 9.17) is 10.5 Å². The fraction of sp³-hybridized carbons (Fsp3) is 0.583. The van der Waals surface area contributed by atoms with Gasteiger partial charge in [-0.15, -0.1) is 0 Å². The van der Waals surface area contributed by atoms with Crippen LogP contribution in [0.1, 0.15) is 23.3 Å². The van der Waals surface area contributed by atoms with E-state index in [1.807, 2.05) is 0 Å². The first-order valence-corrected chi connectivity index (χ1v) is 6.07. The highest BCUT2D eigenvalue weighted by Gasteiger charge is 2.20. The molecule has 0 aliphatic carbocycles. The van der Waals surface area contributed by atoms with Gasteiger partial charge in [0.15, 0.2) is 0 Å². The van der Waals surface area contributed by atoms with Gasteiger partial charge in [0.05, 0.1) is 12.4 Å². The van der Waals surface area contributed by atoms with Gasteiger partial charge in [0.2, 0.25) is 0 Å². The van der Waals surface area contributed by atoms with Crippen LogP contribution in [-0.4, -0.2) is 47.6 Å². The van der Waals surface area contributed by atoms with E-state index in [1.54, 1.807) is 11.9 Å². The molecule has 18 heavy (non-hydrogen) atoms. The zero-order chi connectivity index (χ0) is 13.0. The third-order valence-electron chi connectivity index (χ3n) is 3.09. The zero-order valence-electron chi connectivity index (χ0n) is 10.5. The summed E-state index contributed by atoms with van der Waals surface area (Å²) in [4.78, 5) is 21.7. The number of carbonyl (C=O) groups excluding carboxylic acids is 1. The molecule has 6 nitrogen and oxygen atoms in total. The van der Waals surface area contributed by atoms with Crippen molar-refractivity contribution in [3.8, 4) is 0 Å². The molecule has 1 fully saturated rings.